The molecule has 2 aromatic carbocycles. The van der Waals surface area contributed by atoms with Crippen LogP contribution in [0.2, 0.25) is 0 Å². The van der Waals surface area contributed by atoms with Gasteiger partial charge in [0.25, 0.3) is 5.91 Å². The number of phenolic OH excluding ortho intramolecular Hbond substituents is 1. The number of rotatable bonds is 5. The molecule has 138 valence electrons. The van der Waals surface area contributed by atoms with Gasteiger partial charge in [-0.2, -0.15) is 0 Å². The van der Waals surface area contributed by atoms with Gasteiger partial charge in [0.05, 0.1) is 23.2 Å². The summed E-state index contributed by atoms with van der Waals surface area (Å²) in [4.78, 5) is 48.2. The molecule has 0 aliphatic carbocycles. The molecule has 3 rings (SSSR count). The van der Waals surface area contributed by atoms with Crippen LogP contribution in [-0.4, -0.2) is 45.1 Å². The zero-order chi connectivity index (χ0) is 19.7. The van der Waals surface area contributed by atoms with Crippen molar-refractivity contribution in [3.8, 4) is 5.75 Å². The van der Waals surface area contributed by atoms with Crippen LogP contribution in [0.15, 0.2) is 42.5 Å². The van der Waals surface area contributed by atoms with Crippen molar-refractivity contribution in [2.24, 2.45) is 0 Å². The second-order valence-electron chi connectivity index (χ2n) is 5.90. The molecule has 4 N–H and O–H groups in total. The number of phenols is 1. The average molecular weight is 370 g/mol. The highest BCUT2D eigenvalue weighted by atomic mass is 16.4. The predicted molar refractivity (Wildman–Crippen MR) is 93.0 cm³/mol. The van der Waals surface area contributed by atoms with Gasteiger partial charge < -0.3 is 20.6 Å². The number of benzene rings is 2. The molecular formula is C18H14N2O7. The third kappa shape index (κ3) is 3.56. The van der Waals surface area contributed by atoms with E-state index in [2.05, 4.69) is 5.32 Å². The van der Waals surface area contributed by atoms with Crippen LogP contribution in [0, 0.1) is 0 Å². The van der Waals surface area contributed by atoms with E-state index in [0.29, 0.717) is 5.69 Å². The molecule has 1 heterocycles. The number of aromatic hydroxyl groups is 1. The molecule has 1 unspecified atom stereocenters. The molecule has 1 aliphatic rings. The van der Waals surface area contributed by atoms with E-state index in [1.54, 1.807) is 12.1 Å². The highest BCUT2D eigenvalue weighted by Gasteiger charge is 2.40. The number of imide groups is 1. The third-order valence-electron chi connectivity index (χ3n) is 4.00. The van der Waals surface area contributed by atoms with Gasteiger partial charge in [0.15, 0.2) is 0 Å². The van der Waals surface area contributed by atoms with Crippen molar-refractivity contribution in [2.75, 3.05) is 10.2 Å². The van der Waals surface area contributed by atoms with Crippen molar-refractivity contribution >= 4 is 35.1 Å². The molecule has 0 bridgehead atoms. The van der Waals surface area contributed by atoms with E-state index in [0.717, 1.165) is 23.1 Å². The van der Waals surface area contributed by atoms with E-state index in [1.807, 2.05) is 0 Å². The molecule has 1 aliphatic heterocycles. The topological polar surface area (TPSA) is 144 Å². The Morgan fingerprint density at radius 2 is 1.63 bits per heavy atom. The van der Waals surface area contributed by atoms with Gasteiger partial charge in [-0.1, -0.05) is 6.07 Å². The molecule has 0 spiro atoms. The van der Waals surface area contributed by atoms with E-state index in [4.69, 9.17) is 10.2 Å². The van der Waals surface area contributed by atoms with Crippen LogP contribution in [0.5, 0.6) is 5.75 Å². The first kappa shape index (κ1) is 17.9. The van der Waals surface area contributed by atoms with Crippen molar-refractivity contribution in [1.29, 1.82) is 0 Å². The summed E-state index contributed by atoms with van der Waals surface area (Å²) in [5.41, 5.74) is -0.402. The largest absolute Gasteiger partial charge is 0.508 e. The van der Waals surface area contributed by atoms with Gasteiger partial charge in [-0.05, 0) is 30.3 Å². The van der Waals surface area contributed by atoms with Gasteiger partial charge in [0.2, 0.25) is 5.91 Å². The van der Waals surface area contributed by atoms with Crippen molar-refractivity contribution < 1.29 is 34.5 Å². The normalized spacial score (nSPS) is 16.4. The Morgan fingerprint density at radius 3 is 2.19 bits per heavy atom. The molecule has 27 heavy (non-hydrogen) atoms. The highest BCUT2D eigenvalue weighted by molar-refractivity contribution is 6.23. The molecular weight excluding hydrogens is 356 g/mol. The molecule has 1 atom stereocenters. The molecule has 2 amide bonds. The van der Waals surface area contributed by atoms with E-state index >= 15 is 0 Å². The minimum Gasteiger partial charge on any atom is -0.508 e. The van der Waals surface area contributed by atoms with Crippen LogP contribution in [0.3, 0.4) is 0 Å². The smallest absolute Gasteiger partial charge is 0.335 e. The third-order valence-corrected chi connectivity index (χ3v) is 4.00. The van der Waals surface area contributed by atoms with Gasteiger partial charge >= 0.3 is 11.9 Å². The minimum absolute atomic E-state index is 0.0195. The predicted octanol–water partition coefficient (Wildman–Crippen LogP) is 1.53. The minimum atomic E-state index is -1.38. The Morgan fingerprint density at radius 1 is 1.00 bits per heavy atom. The first-order chi connectivity index (χ1) is 12.8. The lowest BCUT2D eigenvalue weighted by molar-refractivity contribution is -0.121. The maximum atomic E-state index is 12.7. The van der Waals surface area contributed by atoms with E-state index in [-0.39, 0.29) is 29.0 Å². The van der Waals surface area contributed by atoms with Crippen LogP contribution < -0.4 is 10.2 Å². The van der Waals surface area contributed by atoms with Crippen LogP contribution in [-0.2, 0) is 9.59 Å². The highest BCUT2D eigenvalue weighted by Crippen LogP contribution is 2.28. The fraction of sp³-hybridized carbons (Fsp3) is 0.111. The fourth-order valence-corrected chi connectivity index (χ4v) is 2.80. The molecule has 1 fully saturated rings. The van der Waals surface area contributed by atoms with Gasteiger partial charge in [-0.3, -0.25) is 9.59 Å². The fourth-order valence-electron chi connectivity index (χ4n) is 2.80. The lowest BCUT2D eigenvalue weighted by Gasteiger charge is -2.17. The number of nitrogens with zero attached hydrogens (tertiary/aromatic N) is 1. The Labute approximate surface area is 152 Å². The Bertz CT molecular complexity index is 938. The Kier molecular flexibility index (Phi) is 4.51. The van der Waals surface area contributed by atoms with E-state index < -0.39 is 29.8 Å². The number of carboxylic acid groups (broad SMARTS) is 2. The Balaban J connectivity index is 1.93. The maximum absolute atomic E-state index is 12.7. The number of anilines is 2. The SMILES string of the molecule is O=C(O)c1cc(C(=O)O)cc(N2C(=O)CC(Nc3cccc(O)c3)C2=O)c1. The van der Waals surface area contributed by atoms with Gasteiger partial charge in [0.1, 0.15) is 11.8 Å². The van der Waals surface area contributed by atoms with Gasteiger partial charge in [-0.25, -0.2) is 14.5 Å². The summed E-state index contributed by atoms with van der Waals surface area (Å²) >= 11 is 0. The van der Waals surface area contributed by atoms with E-state index in [9.17, 15) is 24.3 Å². The van der Waals surface area contributed by atoms with Crippen LogP contribution in [0.1, 0.15) is 27.1 Å². The van der Waals surface area contributed by atoms with Crippen LogP contribution >= 0.6 is 0 Å². The van der Waals surface area contributed by atoms with Gasteiger partial charge in [-0.15, -0.1) is 0 Å². The summed E-state index contributed by atoms with van der Waals surface area (Å²) in [5, 5.41) is 30.6. The zero-order valence-electron chi connectivity index (χ0n) is 13.7. The number of aromatic carboxylic acids is 2. The van der Waals surface area contributed by atoms with Crippen molar-refractivity contribution in [2.45, 2.75) is 12.5 Å². The molecule has 0 aromatic heterocycles. The molecule has 2 aromatic rings. The first-order valence-corrected chi connectivity index (χ1v) is 7.80. The van der Waals surface area contributed by atoms with Crippen LogP contribution in [0.4, 0.5) is 11.4 Å². The monoisotopic (exact) mass is 370 g/mol. The molecule has 9 nitrogen and oxygen atoms in total. The zero-order valence-corrected chi connectivity index (χ0v) is 13.7. The average Bonchev–Trinajstić information content (AvgIpc) is 2.88. The molecule has 1 saturated heterocycles. The standard InChI is InChI=1S/C18H14N2O7/c21-13-3-1-2-11(7-13)19-14-8-15(22)20(16(14)23)12-5-9(17(24)25)4-10(6-12)18(26)27/h1-7,14,19,21H,8H2,(H,24,25)(H,26,27). The summed E-state index contributed by atoms with van der Waals surface area (Å²) in [5.74, 6) is -4.03. The number of carbonyl (C=O) groups is 4. The lowest BCUT2D eigenvalue weighted by Crippen LogP contribution is -2.35. The number of carbonyl (C=O) groups excluding carboxylic acids is 2. The Hall–Kier alpha value is -3.88. The summed E-state index contributed by atoms with van der Waals surface area (Å²) < 4.78 is 0. The number of amides is 2. The lowest BCUT2D eigenvalue weighted by atomic mass is 10.1. The van der Waals surface area contributed by atoms with E-state index in [1.165, 1.54) is 12.1 Å². The van der Waals surface area contributed by atoms with Crippen molar-refractivity contribution in [3.63, 3.8) is 0 Å². The second-order valence-corrected chi connectivity index (χ2v) is 5.90. The number of nitrogens with one attached hydrogen (secondary N) is 1. The molecule has 0 radical (unpaired) electrons. The number of hydrogen-bond donors (Lipinski definition) is 4. The van der Waals surface area contributed by atoms with Crippen molar-refractivity contribution in [3.05, 3.63) is 53.6 Å². The van der Waals surface area contributed by atoms with Crippen molar-refractivity contribution in [1.82, 2.24) is 0 Å². The van der Waals surface area contributed by atoms with Gasteiger partial charge in [0, 0.05) is 11.8 Å². The quantitative estimate of drug-likeness (QED) is 0.580. The summed E-state index contributed by atoms with van der Waals surface area (Å²) in [6.07, 6.45) is -0.200. The number of hydrogen-bond acceptors (Lipinski definition) is 6. The first-order valence-electron chi connectivity index (χ1n) is 7.80. The maximum Gasteiger partial charge on any atom is 0.335 e. The number of carboxylic acids is 2. The molecule has 0 saturated carbocycles. The summed E-state index contributed by atoms with van der Waals surface area (Å²) in [6.45, 7) is 0. The second kappa shape index (κ2) is 6.79. The molecule has 9 heteroatoms. The summed E-state index contributed by atoms with van der Waals surface area (Å²) in [7, 11) is 0. The summed E-state index contributed by atoms with van der Waals surface area (Å²) in [6, 6.07) is 8.16. The van der Waals surface area contributed by atoms with Crippen LogP contribution in [0.25, 0.3) is 0 Å².